The highest BCUT2D eigenvalue weighted by Gasteiger charge is 2.17. The van der Waals surface area contributed by atoms with Gasteiger partial charge in [0.2, 0.25) is 0 Å². The summed E-state index contributed by atoms with van der Waals surface area (Å²) in [7, 11) is 0. The summed E-state index contributed by atoms with van der Waals surface area (Å²) in [4.78, 5) is 10.1. The normalized spacial score (nSPS) is 11.6. The third-order valence-corrected chi connectivity index (χ3v) is 9.58. The fourth-order valence-corrected chi connectivity index (χ4v) is 6.99. The molecular formula is C44H44N2O2. The molecule has 0 aliphatic heterocycles. The number of phenols is 1. The Morgan fingerprint density at radius 2 is 1.17 bits per heavy atom. The highest BCUT2D eigenvalue weighted by Crippen LogP contribution is 2.40. The highest BCUT2D eigenvalue weighted by molar-refractivity contribution is 6.25. The molecule has 1 N–H and O–H groups in total. The first-order valence-corrected chi connectivity index (χ1v) is 17.8. The number of aromatic hydroxyl groups is 1. The molecule has 0 amide bonds. The Morgan fingerprint density at radius 3 is 1.90 bits per heavy atom. The van der Waals surface area contributed by atoms with Gasteiger partial charge in [0.05, 0.1) is 23.6 Å². The average Bonchev–Trinajstić information content (AvgIpc) is 3.13. The molecular weight excluding hydrogens is 588 g/mol. The van der Waals surface area contributed by atoms with E-state index in [1.165, 1.54) is 84.7 Å². The number of hydrogen-bond acceptors (Lipinski definition) is 4. The maximum absolute atomic E-state index is 11.2. The van der Waals surface area contributed by atoms with Gasteiger partial charge < -0.3 is 9.84 Å². The summed E-state index contributed by atoms with van der Waals surface area (Å²) in [6.07, 6.45) is 12.9. The van der Waals surface area contributed by atoms with E-state index in [4.69, 9.17) is 14.7 Å². The fraction of sp³-hybridized carbons (Fsp3) is 0.273. The van der Waals surface area contributed by atoms with Crippen LogP contribution >= 0.6 is 0 Å². The summed E-state index contributed by atoms with van der Waals surface area (Å²) < 4.78 is 6.04. The standard InChI is InChI=1S/C44H44N2O2/c1-2-3-4-5-6-7-8-9-10-14-28-48-35-24-27-38(41(47)29-35)44-45-39(31-16-12-11-13-17-31)30-40(46-44)36-25-22-34-21-20-32-18-15-19-33-23-26-37(36)43(34)42(32)33/h11-13,15-27,29-30,47H,2-10,14,28H2,1H3. The molecule has 4 nitrogen and oxygen atoms in total. The van der Waals surface area contributed by atoms with Crippen molar-refractivity contribution >= 4 is 32.3 Å². The summed E-state index contributed by atoms with van der Waals surface area (Å²) in [5.74, 6) is 1.26. The number of rotatable bonds is 15. The van der Waals surface area contributed by atoms with Crippen molar-refractivity contribution in [2.45, 2.75) is 71.1 Å². The second kappa shape index (κ2) is 14.9. The molecule has 7 aromatic rings. The van der Waals surface area contributed by atoms with Crippen LogP contribution in [0.25, 0.3) is 66.2 Å². The van der Waals surface area contributed by atoms with Crippen LogP contribution < -0.4 is 4.74 Å². The van der Waals surface area contributed by atoms with Gasteiger partial charge in [0.25, 0.3) is 0 Å². The van der Waals surface area contributed by atoms with E-state index in [0.29, 0.717) is 23.7 Å². The maximum atomic E-state index is 11.2. The van der Waals surface area contributed by atoms with Crippen LogP contribution in [0.1, 0.15) is 71.1 Å². The molecule has 1 heterocycles. The van der Waals surface area contributed by atoms with Crippen molar-refractivity contribution in [1.29, 1.82) is 0 Å². The van der Waals surface area contributed by atoms with Gasteiger partial charge in [0.15, 0.2) is 5.82 Å². The molecule has 7 rings (SSSR count). The van der Waals surface area contributed by atoms with E-state index in [2.05, 4.69) is 79.7 Å². The summed E-state index contributed by atoms with van der Waals surface area (Å²) in [6.45, 7) is 2.91. The molecule has 4 heteroatoms. The van der Waals surface area contributed by atoms with E-state index >= 15 is 0 Å². The first-order chi connectivity index (χ1) is 23.7. The minimum atomic E-state index is 0.113. The van der Waals surface area contributed by atoms with Crippen LogP contribution in [-0.4, -0.2) is 21.7 Å². The molecule has 0 atom stereocenters. The zero-order chi connectivity index (χ0) is 32.7. The van der Waals surface area contributed by atoms with Crippen molar-refractivity contribution in [3.63, 3.8) is 0 Å². The predicted octanol–water partition coefficient (Wildman–Crippen LogP) is 12.4. The maximum Gasteiger partial charge on any atom is 0.164 e. The van der Waals surface area contributed by atoms with E-state index in [1.54, 1.807) is 6.07 Å². The van der Waals surface area contributed by atoms with Gasteiger partial charge in [-0.1, -0.05) is 150 Å². The Hall–Kier alpha value is -4.96. The molecule has 0 saturated heterocycles. The van der Waals surface area contributed by atoms with Gasteiger partial charge in [-0.2, -0.15) is 0 Å². The molecule has 0 aliphatic carbocycles. The van der Waals surface area contributed by atoms with Gasteiger partial charge >= 0.3 is 0 Å². The van der Waals surface area contributed by atoms with E-state index in [9.17, 15) is 5.11 Å². The average molecular weight is 633 g/mol. The highest BCUT2D eigenvalue weighted by atomic mass is 16.5. The molecule has 0 radical (unpaired) electrons. The summed E-state index contributed by atoms with van der Waals surface area (Å²) in [5.41, 5.74) is 4.24. The van der Waals surface area contributed by atoms with Crippen molar-refractivity contribution in [2.24, 2.45) is 0 Å². The molecule has 0 bridgehead atoms. The lowest BCUT2D eigenvalue weighted by Gasteiger charge is -2.15. The molecule has 0 unspecified atom stereocenters. The second-order valence-electron chi connectivity index (χ2n) is 13.0. The van der Waals surface area contributed by atoms with E-state index in [1.807, 2.05) is 30.3 Å². The van der Waals surface area contributed by atoms with E-state index < -0.39 is 0 Å². The van der Waals surface area contributed by atoms with Gasteiger partial charge in [-0.3, -0.25) is 0 Å². The molecule has 0 fully saturated rings. The Kier molecular flexibility index (Phi) is 9.79. The van der Waals surface area contributed by atoms with Crippen molar-refractivity contribution in [1.82, 2.24) is 9.97 Å². The van der Waals surface area contributed by atoms with Crippen LogP contribution in [0.2, 0.25) is 0 Å². The summed E-state index contributed by atoms with van der Waals surface area (Å²) in [5, 5.41) is 18.6. The first kappa shape index (κ1) is 31.6. The van der Waals surface area contributed by atoms with E-state index in [-0.39, 0.29) is 5.75 Å². The van der Waals surface area contributed by atoms with Gasteiger partial charge in [-0.25, -0.2) is 9.97 Å². The quantitative estimate of drug-likeness (QED) is 0.0902. The molecule has 242 valence electrons. The zero-order valence-corrected chi connectivity index (χ0v) is 27.9. The Bertz CT molecular complexity index is 2110. The largest absolute Gasteiger partial charge is 0.507 e. The first-order valence-electron chi connectivity index (χ1n) is 17.8. The lowest BCUT2D eigenvalue weighted by molar-refractivity contribution is 0.302. The van der Waals surface area contributed by atoms with Crippen molar-refractivity contribution in [3.05, 3.63) is 109 Å². The van der Waals surface area contributed by atoms with E-state index in [0.717, 1.165) is 34.3 Å². The number of benzene rings is 6. The number of hydrogen-bond donors (Lipinski definition) is 1. The number of ether oxygens (including phenoxy) is 1. The second-order valence-corrected chi connectivity index (χ2v) is 13.0. The minimum Gasteiger partial charge on any atom is -0.507 e. The van der Waals surface area contributed by atoms with Crippen LogP contribution in [0.5, 0.6) is 11.5 Å². The number of unbranched alkanes of at least 4 members (excludes halogenated alkanes) is 9. The fourth-order valence-electron chi connectivity index (χ4n) is 6.99. The summed E-state index contributed by atoms with van der Waals surface area (Å²) in [6, 6.07) is 37.3. The van der Waals surface area contributed by atoms with Gasteiger partial charge in [-0.15, -0.1) is 0 Å². The van der Waals surface area contributed by atoms with Gasteiger partial charge in [-0.05, 0) is 56.9 Å². The third kappa shape index (κ3) is 6.85. The molecule has 0 saturated carbocycles. The predicted molar refractivity (Wildman–Crippen MR) is 201 cm³/mol. The van der Waals surface area contributed by atoms with Crippen LogP contribution in [0.3, 0.4) is 0 Å². The molecule has 0 aliphatic rings. The van der Waals surface area contributed by atoms with Gasteiger partial charge in [0, 0.05) is 17.2 Å². The Balaban J connectivity index is 1.14. The minimum absolute atomic E-state index is 0.113. The molecule has 6 aromatic carbocycles. The van der Waals surface area contributed by atoms with Crippen molar-refractivity contribution in [3.8, 4) is 45.4 Å². The van der Waals surface area contributed by atoms with Gasteiger partial charge in [0.1, 0.15) is 11.5 Å². The monoisotopic (exact) mass is 632 g/mol. The van der Waals surface area contributed by atoms with Crippen LogP contribution in [0.4, 0.5) is 0 Å². The lowest BCUT2D eigenvalue weighted by Crippen LogP contribution is -1.99. The molecule has 0 spiro atoms. The van der Waals surface area contributed by atoms with Crippen molar-refractivity contribution < 1.29 is 9.84 Å². The smallest absolute Gasteiger partial charge is 0.164 e. The van der Waals surface area contributed by atoms with Crippen LogP contribution in [0.15, 0.2) is 109 Å². The Labute approximate surface area is 283 Å². The SMILES string of the molecule is CCCCCCCCCCCCOc1ccc(-c2nc(-c3ccccc3)cc(-c3ccc4ccc5cccc6ccc3c4c56)n2)c(O)c1. The topological polar surface area (TPSA) is 55.2 Å². The zero-order valence-electron chi connectivity index (χ0n) is 27.9. The molecule has 48 heavy (non-hydrogen) atoms. The van der Waals surface area contributed by atoms with Crippen LogP contribution in [0, 0.1) is 0 Å². The number of nitrogens with zero attached hydrogens (tertiary/aromatic N) is 2. The van der Waals surface area contributed by atoms with Crippen molar-refractivity contribution in [2.75, 3.05) is 6.61 Å². The Morgan fingerprint density at radius 1 is 0.542 bits per heavy atom. The lowest BCUT2D eigenvalue weighted by atomic mass is 9.91. The number of aromatic nitrogens is 2. The number of phenolic OH excluding ortho intramolecular Hbond substituents is 1. The summed E-state index contributed by atoms with van der Waals surface area (Å²) >= 11 is 0. The van der Waals surface area contributed by atoms with Crippen LogP contribution in [-0.2, 0) is 0 Å². The molecule has 1 aromatic heterocycles. The third-order valence-electron chi connectivity index (χ3n) is 9.58.